The second-order valence-electron chi connectivity index (χ2n) is 3.76. The van der Waals surface area contributed by atoms with Crippen LogP contribution in [0.1, 0.15) is 16.1 Å². The molecule has 9 heteroatoms. The lowest BCUT2D eigenvalue weighted by molar-refractivity contribution is -0.141. The number of benzene rings is 1. The third-order valence-electron chi connectivity index (χ3n) is 2.51. The molecule has 2 N–H and O–H groups in total. The fourth-order valence-corrected chi connectivity index (χ4v) is 2.07. The van der Waals surface area contributed by atoms with Crippen LogP contribution in [-0.2, 0) is 10.9 Å². The third-order valence-corrected chi connectivity index (χ3v) is 3.31. The van der Waals surface area contributed by atoms with Crippen molar-refractivity contribution in [2.24, 2.45) is 0 Å². The monoisotopic (exact) mass is 349 g/mol. The first-order chi connectivity index (χ1) is 9.25. The average molecular weight is 350 g/mol. The zero-order valence-electron chi connectivity index (χ0n) is 9.95. The van der Waals surface area contributed by atoms with Crippen molar-refractivity contribution in [2.75, 3.05) is 12.8 Å². The fraction of sp³-hybridized carbons (Fsp3) is 0.182. The number of halogens is 4. The zero-order chi connectivity index (χ0) is 15.1. The van der Waals surface area contributed by atoms with Crippen LogP contribution in [0.15, 0.2) is 16.7 Å². The Morgan fingerprint density at radius 2 is 2.10 bits per heavy atom. The van der Waals surface area contributed by atoms with Gasteiger partial charge in [-0.3, -0.25) is 4.98 Å². The van der Waals surface area contributed by atoms with E-state index in [-0.39, 0.29) is 26.8 Å². The zero-order valence-corrected chi connectivity index (χ0v) is 11.5. The van der Waals surface area contributed by atoms with Crippen LogP contribution >= 0.6 is 15.9 Å². The summed E-state index contributed by atoms with van der Waals surface area (Å²) in [6.45, 7) is 0. The highest BCUT2D eigenvalue weighted by Gasteiger charge is 2.33. The van der Waals surface area contributed by atoms with Gasteiger partial charge in [-0.15, -0.1) is 0 Å². The minimum atomic E-state index is -4.62. The number of fused-ring (bicyclic) bond motifs is 1. The van der Waals surface area contributed by atoms with Gasteiger partial charge in [0, 0.05) is 0 Å². The van der Waals surface area contributed by atoms with Crippen molar-refractivity contribution in [1.82, 2.24) is 9.97 Å². The van der Waals surface area contributed by atoms with Gasteiger partial charge in [0.1, 0.15) is 5.52 Å². The Labute approximate surface area is 119 Å². The van der Waals surface area contributed by atoms with Crippen LogP contribution in [0.5, 0.6) is 0 Å². The molecule has 1 aromatic carbocycles. The first-order valence-electron chi connectivity index (χ1n) is 5.16. The fourth-order valence-electron chi connectivity index (χ4n) is 1.55. The molecule has 0 radical (unpaired) electrons. The highest BCUT2D eigenvalue weighted by atomic mass is 79.9. The van der Waals surface area contributed by atoms with E-state index in [0.29, 0.717) is 6.20 Å². The number of aromatic nitrogens is 2. The van der Waals surface area contributed by atoms with Crippen LogP contribution in [0.4, 0.5) is 18.9 Å². The van der Waals surface area contributed by atoms with Gasteiger partial charge in [0.25, 0.3) is 0 Å². The molecule has 0 aliphatic carbocycles. The number of nitrogens with two attached hydrogens (primary N) is 1. The van der Waals surface area contributed by atoms with Crippen LogP contribution in [0.25, 0.3) is 11.0 Å². The number of methoxy groups -OCH3 is 1. The first kappa shape index (κ1) is 14.5. The van der Waals surface area contributed by atoms with Crippen LogP contribution < -0.4 is 5.73 Å². The molecule has 0 bridgehead atoms. The largest absolute Gasteiger partial charge is 0.465 e. The predicted molar refractivity (Wildman–Crippen MR) is 68.0 cm³/mol. The molecule has 106 valence electrons. The minimum Gasteiger partial charge on any atom is -0.465 e. The van der Waals surface area contributed by atoms with Gasteiger partial charge in [0.2, 0.25) is 0 Å². The van der Waals surface area contributed by atoms with E-state index in [1.54, 1.807) is 0 Å². The van der Waals surface area contributed by atoms with Gasteiger partial charge in [0.15, 0.2) is 5.69 Å². The maximum Gasteiger partial charge on any atom is 0.434 e. The molecule has 0 fully saturated rings. The number of esters is 1. The second kappa shape index (κ2) is 4.89. The summed E-state index contributed by atoms with van der Waals surface area (Å²) in [6.07, 6.45) is -4.02. The number of nitrogen functional groups attached to an aromatic ring is 1. The molecule has 0 aliphatic rings. The quantitative estimate of drug-likeness (QED) is 0.632. The first-order valence-corrected chi connectivity index (χ1v) is 5.95. The van der Waals surface area contributed by atoms with Crippen molar-refractivity contribution in [3.05, 3.63) is 28.0 Å². The van der Waals surface area contributed by atoms with Crippen LogP contribution in [0.3, 0.4) is 0 Å². The normalized spacial score (nSPS) is 11.7. The smallest absolute Gasteiger partial charge is 0.434 e. The molecule has 2 rings (SSSR count). The van der Waals surface area contributed by atoms with E-state index in [4.69, 9.17) is 5.73 Å². The number of hydrogen-bond donors (Lipinski definition) is 1. The van der Waals surface area contributed by atoms with E-state index in [1.165, 1.54) is 0 Å². The number of anilines is 1. The Balaban J connectivity index is 2.75. The average Bonchev–Trinajstić information content (AvgIpc) is 2.40. The Morgan fingerprint density at radius 1 is 1.45 bits per heavy atom. The molecule has 0 saturated heterocycles. The number of alkyl halides is 3. The van der Waals surface area contributed by atoms with Gasteiger partial charge in [-0.2, -0.15) is 13.2 Å². The molecule has 0 amide bonds. The summed E-state index contributed by atoms with van der Waals surface area (Å²) in [7, 11) is 1.14. The van der Waals surface area contributed by atoms with Gasteiger partial charge < -0.3 is 10.5 Å². The molecule has 2 aromatic rings. The molecule has 1 heterocycles. The number of carbonyl (C=O) groups is 1. The van der Waals surface area contributed by atoms with E-state index in [1.807, 2.05) is 0 Å². The van der Waals surface area contributed by atoms with Crippen molar-refractivity contribution < 1.29 is 22.7 Å². The summed E-state index contributed by atoms with van der Waals surface area (Å²) in [5.74, 6) is -0.774. The summed E-state index contributed by atoms with van der Waals surface area (Å²) in [6, 6.07) is 1.11. The third kappa shape index (κ3) is 2.40. The topological polar surface area (TPSA) is 78.1 Å². The minimum absolute atomic E-state index is 0.0263. The molecule has 0 atom stereocenters. The van der Waals surface area contributed by atoms with Crippen molar-refractivity contribution >= 4 is 38.6 Å². The Bertz CT molecular complexity index is 703. The summed E-state index contributed by atoms with van der Waals surface area (Å²) in [4.78, 5) is 18.6. The molecule has 0 aliphatic heterocycles. The summed E-state index contributed by atoms with van der Waals surface area (Å²) < 4.78 is 42.5. The van der Waals surface area contributed by atoms with E-state index in [9.17, 15) is 18.0 Å². The molecule has 0 unspecified atom stereocenters. The van der Waals surface area contributed by atoms with Crippen molar-refractivity contribution in [3.8, 4) is 0 Å². The number of hydrogen-bond acceptors (Lipinski definition) is 5. The molecule has 1 aromatic heterocycles. The van der Waals surface area contributed by atoms with Crippen LogP contribution in [-0.4, -0.2) is 23.0 Å². The maximum absolute atomic E-state index is 12.6. The van der Waals surface area contributed by atoms with Gasteiger partial charge in [-0.25, -0.2) is 9.78 Å². The van der Waals surface area contributed by atoms with E-state index >= 15 is 0 Å². The standard InChI is InChI=1S/C11H7BrF3N3O2/c1-20-10(19)4-2-5-9(7(12)8(4)16)17-3-6(18-5)11(13,14)15/h2-3H,16H2,1H3. The van der Waals surface area contributed by atoms with Crippen LogP contribution in [0, 0.1) is 0 Å². The predicted octanol–water partition coefficient (Wildman–Crippen LogP) is 2.78. The van der Waals surface area contributed by atoms with Gasteiger partial charge in [-0.05, 0) is 22.0 Å². The number of carbonyl (C=O) groups excluding carboxylic acids is 1. The highest BCUT2D eigenvalue weighted by molar-refractivity contribution is 9.10. The Kier molecular flexibility index (Phi) is 3.55. The highest BCUT2D eigenvalue weighted by Crippen LogP contribution is 2.33. The molecule has 0 saturated carbocycles. The van der Waals surface area contributed by atoms with E-state index in [0.717, 1.165) is 13.2 Å². The van der Waals surface area contributed by atoms with Gasteiger partial charge in [-0.1, -0.05) is 0 Å². The molecular formula is C11H7BrF3N3O2. The lowest BCUT2D eigenvalue weighted by atomic mass is 10.1. The maximum atomic E-state index is 12.6. The van der Waals surface area contributed by atoms with E-state index in [2.05, 4.69) is 30.6 Å². The second-order valence-corrected chi connectivity index (χ2v) is 4.56. The lowest BCUT2D eigenvalue weighted by Crippen LogP contribution is -2.11. The van der Waals surface area contributed by atoms with E-state index < -0.39 is 17.8 Å². The summed E-state index contributed by atoms with van der Waals surface area (Å²) in [5.41, 5.74) is 4.52. The summed E-state index contributed by atoms with van der Waals surface area (Å²) in [5, 5.41) is 0. The van der Waals surface area contributed by atoms with Crippen molar-refractivity contribution in [2.45, 2.75) is 6.18 Å². The number of ether oxygens (including phenoxy) is 1. The Morgan fingerprint density at radius 3 is 2.65 bits per heavy atom. The molecule has 0 spiro atoms. The Hall–Kier alpha value is -1.90. The van der Waals surface area contributed by atoms with Crippen LogP contribution in [0.2, 0.25) is 0 Å². The van der Waals surface area contributed by atoms with Gasteiger partial charge in [0.05, 0.1) is 34.5 Å². The summed E-state index contributed by atoms with van der Waals surface area (Å²) >= 11 is 3.09. The van der Waals surface area contributed by atoms with Gasteiger partial charge >= 0.3 is 12.1 Å². The van der Waals surface area contributed by atoms with Crippen molar-refractivity contribution in [1.29, 1.82) is 0 Å². The number of rotatable bonds is 1. The molecule has 20 heavy (non-hydrogen) atoms. The lowest BCUT2D eigenvalue weighted by Gasteiger charge is -2.10. The SMILES string of the molecule is COC(=O)c1cc2nc(C(F)(F)F)cnc2c(Br)c1N. The molecule has 5 nitrogen and oxygen atoms in total. The molecular weight excluding hydrogens is 343 g/mol. The van der Waals surface area contributed by atoms with Crippen molar-refractivity contribution in [3.63, 3.8) is 0 Å². The number of nitrogens with zero attached hydrogens (tertiary/aromatic N) is 2.